The second-order valence-electron chi connectivity index (χ2n) is 7.20. The molecule has 7 heteroatoms. The lowest BCUT2D eigenvalue weighted by Crippen LogP contribution is -2.36. The van der Waals surface area contributed by atoms with Gasteiger partial charge in [0, 0.05) is 31.1 Å². The molecule has 2 aliphatic heterocycles. The number of nitrogen functional groups attached to an aromatic ring is 1. The van der Waals surface area contributed by atoms with E-state index in [-0.39, 0.29) is 5.91 Å². The van der Waals surface area contributed by atoms with Crippen molar-refractivity contribution in [2.24, 2.45) is 7.05 Å². The van der Waals surface area contributed by atoms with E-state index in [9.17, 15) is 4.79 Å². The fraction of sp³-hybridized carbons (Fsp3) is 0.500. The van der Waals surface area contributed by atoms with E-state index in [0.717, 1.165) is 48.1 Å². The molecule has 4 aliphatic rings. The molecule has 0 saturated heterocycles. The first-order valence-corrected chi connectivity index (χ1v) is 9.02. The van der Waals surface area contributed by atoms with E-state index in [1.165, 1.54) is 6.33 Å². The maximum absolute atomic E-state index is 13.4. The van der Waals surface area contributed by atoms with Crippen molar-refractivity contribution < 1.29 is 4.79 Å². The molecule has 0 radical (unpaired) electrons. The van der Waals surface area contributed by atoms with Crippen molar-refractivity contribution >= 4 is 22.8 Å². The molecule has 5 rings (SSSR count). The molecule has 2 aliphatic carbocycles. The third-order valence-corrected chi connectivity index (χ3v) is 5.49. The smallest absolute Gasteiger partial charge is 0.271 e. The molecular formula is C18H22N6O. The van der Waals surface area contributed by atoms with Crippen LogP contribution in [0.3, 0.4) is 0 Å². The highest BCUT2D eigenvalue weighted by Crippen LogP contribution is 2.40. The number of amides is 1. The average molecular weight is 338 g/mol. The Labute approximate surface area is 145 Å². The van der Waals surface area contributed by atoms with E-state index in [2.05, 4.69) is 26.4 Å². The van der Waals surface area contributed by atoms with Crippen LogP contribution in [0.15, 0.2) is 12.4 Å². The minimum atomic E-state index is 0.147. The van der Waals surface area contributed by atoms with Gasteiger partial charge in [0.25, 0.3) is 5.91 Å². The predicted molar refractivity (Wildman–Crippen MR) is 95.4 cm³/mol. The van der Waals surface area contributed by atoms with Crippen molar-refractivity contribution in [1.29, 1.82) is 0 Å². The van der Waals surface area contributed by atoms with Crippen LogP contribution >= 0.6 is 0 Å². The first-order chi connectivity index (χ1) is 12.1. The molecule has 0 atom stereocenters. The Hall–Kier alpha value is -2.57. The van der Waals surface area contributed by atoms with Gasteiger partial charge in [-0.05, 0) is 38.7 Å². The molecule has 2 N–H and O–H groups in total. The van der Waals surface area contributed by atoms with Crippen LogP contribution in [-0.4, -0.2) is 42.0 Å². The summed E-state index contributed by atoms with van der Waals surface area (Å²) < 4.78 is 3.99. The summed E-state index contributed by atoms with van der Waals surface area (Å²) in [4.78, 5) is 24.2. The Bertz CT molecular complexity index is 950. The van der Waals surface area contributed by atoms with Crippen LogP contribution < -0.4 is 5.73 Å². The lowest BCUT2D eigenvalue weighted by Gasteiger charge is -2.23. The van der Waals surface area contributed by atoms with Crippen LogP contribution in [0.4, 0.5) is 5.82 Å². The number of pyridine rings is 1. The second-order valence-corrected chi connectivity index (χ2v) is 7.20. The quantitative estimate of drug-likeness (QED) is 0.791. The largest absolute Gasteiger partial charge is 0.383 e. The minimum Gasteiger partial charge on any atom is -0.383 e. The molecule has 2 fully saturated rings. The van der Waals surface area contributed by atoms with Crippen molar-refractivity contribution in [1.82, 2.24) is 24.0 Å². The molecule has 1 aromatic rings. The number of rotatable bonds is 4. The SMILES string of the molecule is CCn1c(C(=O)N(C2CC2)C2CC2)cc2c3ncnc-3c(N)n(C)c21. The molecule has 7 nitrogen and oxygen atoms in total. The Morgan fingerprint density at radius 2 is 1.88 bits per heavy atom. The van der Waals surface area contributed by atoms with Gasteiger partial charge in [-0.1, -0.05) is 0 Å². The van der Waals surface area contributed by atoms with Gasteiger partial charge >= 0.3 is 0 Å². The Morgan fingerprint density at radius 3 is 2.48 bits per heavy atom. The van der Waals surface area contributed by atoms with Gasteiger partial charge in [-0.2, -0.15) is 0 Å². The molecular weight excluding hydrogens is 316 g/mol. The summed E-state index contributed by atoms with van der Waals surface area (Å²) in [5, 5.41) is 0.945. The number of carbonyl (C=O) groups is 1. The summed E-state index contributed by atoms with van der Waals surface area (Å²) in [6, 6.07) is 2.84. The number of aromatic nitrogens is 4. The van der Waals surface area contributed by atoms with Gasteiger partial charge < -0.3 is 19.8 Å². The Kier molecular flexibility index (Phi) is 2.93. The minimum absolute atomic E-state index is 0.147. The number of imidazole rings is 1. The van der Waals surface area contributed by atoms with Crippen LogP contribution in [0.1, 0.15) is 43.1 Å². The zero-order valence-electron chi connectivity index (χ0n) is 14.6. The van der Waals surface area contributed by atoms with Crippen molar-refractivity contribution in [3.63, 3.8) is 0 Å². The van der Waals surface area contributed by atoms with Crippen LogP contribution in [0.2, 0.25) is 0 Å². The number of carbonyl (C=O) groups excluding carboxylic acids is 1. The lowest BCUT2D eigenvalue weighted by atomic mass is 10.2. The molecule has 25 heavy (non-hydrogen) atoms. The molecule has 0 bridgehead atoms. The fourth-order valence-electron chi connectivity index (χ4n) is 3.96. The molecule has 130 valence electrons. The van der Waals surface area contributed by atoms with Crippen LogP contribution in [0.25, 0.3) is 22.4 Å². The summed E-state index contributed by atoms with van der Waals surface area (Å²) in [6.07, 6.45) is 6.06. The van der Waals surface area contributed by atoms with Gasteiger partial charge in [-0.15, -0.1) is 0 Å². The van der Waals surface area contributed by atoms with Crippen molar-refractivity contribution in [2.75, 3.05) is 5.73 Å². The zero-order chi connectivity index (χ0) is 17.3. The molecule has 0 aromatic carbocycles. The average Bonchev–Trinajstić information content (AvgIpc) is 3.53. The maximum Gasteiger partial charge on any atom is 0.271 e. The number of anilines is 1. The highest BCUT2D eigenvalue weighted by Gasteiger charge is 2.43. The Balaban J connectivity index is 1.74. The van der Waals surface area contributed by atoms with Crippen molar-refractivity contribution in [3.8, 4) is 11.4 Å². The summed E-state index contributed by atoms with van der Waals surface area (Å²) in [6.45, 7) is 2.77. The molecule has 1 amide bonds. The van der Waals surface area contributed by atoms with Crippen LogP contribution in [-0.2, 0) is 13.6 Å². The van der Waals surface area contributed by atoms with Gasteiger partial charge in [0.1, 0.15) is 34.9 Å². The predicted octanol–water partition coefficient (Wildman–Crippen LogP) is 2.24. The van der Waals surface area contributed by atoms with E-state index in [4.69, 9.17) is 5.73 Å². The number of nitrogens with zero attached hydrogens (tertiary/aromatic N) is 5. The van der Waals surface area contributed by atoms with Gasteiger partial charge in [0.05, 0.1) is 0 Å². The first kappa shape index (κ1) is 14.7. The van der Waals surface area contributed by atoms with Crippen LogP contribution in [0, 0.1) is 0 Å². The molecule has 1 aromatic heterocycles. The third kappa shape index (κ3) is 2.01. The van der Waals surface area contributed by atoms with Gasteiger partial charge in [0.2, 0.25) is 0 Å². The zero-order valence-corrected chi connectivity index (χ0v) is 14.6. The molecule has 3 heterocycles. The monoisotopic (exact) mass is 338 g/mol. The fourth-order valence-corrected chi connectivity index (χ4v) is 3.96. The van der Waals surface area contributed by atoms with Crippen molar-refractivity contribution in [2.45, 2.75) is 51.2 Å². The number of aryl methyl sites for hydroxylation is 2. The number of hydrogen-bond acceptors (Lipinski definition) is 4. The van der Waals surface area contributed by atoms with E-state index < -0.39 is 0 Å². The first-order valence-electron chi connectivity index (χ1n) is 9.02. The summed E-state index contributed by atoms with van der Waals surface area (Å²) in [5.74, 6) is 0.724. The second kappa shape index (κ2) is 4.97. The topological polar surface area (TPSA) is 82.0 Å². The molecule has 0 unspecified atom stereocenters. The molecule has 2 saturated carbocycles. The lowest BCUT2D eigenvalue weighted by molar-refractivity contribution is 0.0719. The highest BCUT2D eigenvalue weighted by atomic mass is 16.2. The van der Waals surface area contributed by atoms with Gasteiger partial charge in [-0.3, -0.25) is 4.79 Å². The summed E-state index contributed by atoms with van der Waals surface area (Å²) >= 11 is 0. The van der Waals surface area contributed by atoms with E-state index in [1.807, 2.05) is 17.7 Å². The number of hydrogen-bond donors (Lipinski definition) is 1. The number of nitrogens with two attached hydrogens (primary N) is 1. The van der Waals surface area contributed by atoms with Gasteiger partial charge in [-0.25, -0.2) is 9.97 Å². The Morgan fingerprint density at radius 1 is 1.24 bits per heavy atom. The van der Waals surface area contributed by atoms with E-state index >= 15 is 0 Å². The standard InChI is InChI=1S/C18H22N6O/c1-3-23-13(18(25)24(10-4-5-10)11-6-7-11)8-12-14-15(21-9-20-14)16(19)22(2)17(12)23/h8-11H,3-7,19H2,1-2H3. The third-order valence-electron chi connectivity index (χ3n) is 5.49. The van der Waals surface area contributed by atoms with E-state index in [0.29, 0.717) is 30.1 Å². The maximum atomic E-state index is 13.4. The highest BCUT2D eigenvalue weighted by molar-refractivity contribution is 6.03. The van der Waals surface area contributed by atoms with Crippen LogP contribution in [0.5, 0.6) is 0 Å². The summed E-state index contributed by atoms with van der Waals surface area (Å²) in [7, 11) is 1.92. The van der Waals surface area contributed by atoms with Gasteiger partial charge in [0.15, 0.2) is 0 Å². The number of fused-ring (bicyclic) bond motifs is 3. The normalized spacial score (nSPS) is 17.5. The molecule has 0 spiro atoms. The summed E-state index contributed by atoms with van der Waals surface area (Å²) in [5.41, 5.74) is 9.41. The van der Waals surface area contributed by atoms with Crippen molar-refractivity contribution in [3.05, 3.63) is 18.1 Å². The van der Waals surface area contributed by atoms with E-state index in [1.54, 1.807) is 0 Å².